The first-order chi connectivity index (χ1) is 13.8. The number of carbonyl (C=O) groups is 2. The van der Waals surface area contributed by atoms with Gasteiger partial charge in [-0.05, 0) is 32.1 Å². The molecule has 1 aromatic carbocycles. The van der Waals surface area contributed by atoms with Crippen LogP contribution in [-0.4, -0.2) is 19.0 Å². The molecule has 2 heterocycles. The van der Waals surface area contributed by atoms with E-state index in [-0.39, 0.29) is 33.8 Å². The van der Waals surface area contributed by atoms with E-state index in [9.17, 15) is 19.6 Å². The maximum absolute atomic E-state index is 12.6. The molecule has 1 N–H and O–H groups in total. The number of hydrogen-bond acceptors (Lipinski definition) is 7. The van der Waals surface area contributed by atoms with Crippen molar-refractivity contribution in [2.24, 2.45) is 0 Å². The second-order valence-corrected chi connectivity index (χ2v) is 6.18. The first-order valence-corrected chi connectivity index (χ1v) is 8.48. The molecule has 0 radical (unpaired) electrons. The number of anilines is 1. The molecule has 0 saturated carbocycles. The minimum Gasteiger partial charge on any atom is -0.465 e. The zero-order valence-electron chi connectivity index (χ0n) is 15.9. The molecule has 146 valence electrons. The van der Waals surface area contributed by atoms with E-state index in [1.165, 1.54) is 26.4 Å². The molecule has 0 spiro atoms. The summed E-state index contributed by atoms with van der Waals surface area (Å²) in [5.74, 6) is -1.45. The van der Waals surface area contributed by atoms with Crippen LogP contribution in [0.15, 0.2) is 44.2 Å². The van der Waals surface area contributed by atoms with Gasteiger partial charge in [0.25, 0.3) is 5.91 Å². The zero-order valence-corrected chi connectivity index (χ0v) is 15.9. The highest BCUT2D eigenvalue weighted by molar-refractivity contribution is 6.03. The Morgan fingerprint density at radius 2 is 2.03 bits per heavy atom. The highest BCUT2D eigenvalue weighted by Gasteiger charge is 2.25. The largest absolute Gasteiger partial charge is 0.465 e. The van der Waals surface area contributed by atoms with Crippen LogP contribution in [-0.2, 0) is 9.53 Å². The van der Waals surface area contributed by atoms with Crippen LogP contribution >= 0.6 is 0 Å². The zero-order chi connectivity index (χ0) is 21.1. The number of nitrogens with zero attached hydrogens (tertiary/aromatic N) is 1. The summed E-state index contributed by atoms with van der Waals surface area (Å²) in [7, 11) is 1.17. The summed E-state index contributed by atoms with van der Waals surface area (Å²) in [4.78, 5) is 36.6. The molecular weight excluding hydrogens is 376 g/mol. The van der Waals surface area contributed by atoms with Gasteiger partial charge >= 0.3 is 5.97 Å². The third-order valence-electron chi connectivity index (χ3n) is 4.19. The lowest BCUT2D eigenvalue weighted by atomic mass is 10.1. The Hall–Kier alpha value is -4.12. The minimum atomic E-state index is -0.747. The SMILES string of the molecule is COC(=O)c1c(C)oc(NC(=O)/C=C/c2coc3ccc(C)cc3c2=O)c1C#N. The predicted molar refractivity (Wildman–Crippen MR) is 104 cm³/mol. The van der Waals surface area contributed by atoms with E-state index >= 15 is 0 Å². The highest BCUT2D eigenvalue weighted by Crippen LogP contribution is 2.27. The summed E-state index contributed by atoms with van der Waals surface area (Å²) in [6.07, 6.45) is 3.66. The number of rotatable bonds is 4. The van der Waals surface area contributed by atoms with Gasteiger partial charge in [0.05, 0.1) is 18.1 Å². The Labute approximate surface area is 165 Å². The van der Waals surface area contributed by atoms with Crippen molar-refractivity contribution in [3.63, 3.8) is 0 Å². The standard InChI is InChI=1S/C21H16N2O6/c1-11-4-6-16-14(8-11)19(25)13(10-28-16)5-7-17(24)23-20-15(9-22)18(12(2)29-20)21(26)27-3/h4-8,10H,1-3H3,(H,23,24)/b7-5+. The summed E-state index contributed by atoms with van der Waals surface area (Å²) in [5.41, 5.74) is 1.06. The molecule has 1 amide bonds. The van der Waals surface area contributed by atoms with Crippen LogP contribution in [0.3, 0.4) is 0 Å². The van der Waals surface area contributed by atoms with Gasteiger partial charge in [-0.25, -0.2) is 4.79 Å². The van der Waals surface area contributed by atoms with Crippen molar-refractivity contribution in [3.8, 4) is 6.07 Å². The van der Waals surface area contributed by atoms with Gasteiger partial charge in [-0.2, -0.15) is 5.26 Å². The van der Waals surface area contributed by atoms with E-state index in [4.69, 9.17) is 8.83 Å². The quantitative estimate of drug-likeness (QED) is 0.534. The molecule has 0 unspecified atom stereocenters. The average Bonchev–Trinajstić information content (AvgIpc) is 3.01. The normalized spacial score (nSPS) is 10.8. The number of carbonyl (C=O) groups excluding carboxylic acids is 2. The summed E-state index contributed by atoms with van der Waals surface area (Å²) >= 11 is 0. The Kier molecular flexibility index (Phi) is 5.32. The molecule has 29 heavy (non-hydrogen) atoms. The highest BCUT2D eigenvalue weighted by atomic mass is 16.5. The number of nitriles is 1. The molecule has 2 aromatic heterocycles. The molecule has 3 rings (SSSR count). The number of methoxy groups -OCH3 is 1. The maximum atomic E-state index is 12.6. The van der Waals surface area contributed by atoms with Gasteiger partial charge in [0.1, 0.15) is 34.8 Å². The summed E-state index contributed by atoms with van der Waals surface area (Å²) in [6, 6.07) is 7.05. The van der Waals surface area contributed by atoms with Crippen LogP contribution in [0.25, 0.3) is 17.0 Å². The number of aryl methyl sites for hydroxylation is 2. The first kappa shape index (κ1) is 19.6. The number of benzene rings is 1. The van der Waals surface area contributed by atoms with Crippen molar-refractivity contribution in [2.45, 2.75) is 13.8 Å². The van der Waals surface area contributed by atoms with Gasteiger partial charge in [0.2, 0.25) is 5.88 Å². The Balaban J connectivity index is 1.87. The molecular formula is C21H16N2O6. The molecule has 0 aliphatic rings. The van der Waals surface area contributed by atoms with Gasteiger partial charge in [0.15, 0.2) is 5.43 Å². The molecule has 0 aliphatic carbocycles. The second-order valence-electron chi connectivity index (χ2n) is 6.18. The number of fused-ring (bicyclic) bond motifs is 1. The van der Waals surface area contributed by atoms with Crippen LogP contribution in [0.2, 0.25) is 0 Å². The molecule has 0 aliphatic heterocycles. The fraction of sp³-hybridized carbons (Fsp3) is 0.143. The second kappa shape index (κ2) is 7.86. The molecule has 0 fully saturated rings. The van der Waals surface area contributed by atoms with E-state index in [0.717, 1.165) is 11.6 Å². The number of nitrogens with one attached hydrogen (secondary N) is 1. The molecule has 0 bridgehead atoms. The van der Waals surface area contributed by atoms with Crippen LogP contribution in [0.5, 0.6) is 0 Å². The first-order valence-electron chi connectivity index (χ1n) is 8.48. The minimum absolute atomic E-state index is 0.0557. The lowest BCUT2D eigenvalue weighted by molar-refractivity contribution is -0.111. The molecule has 8 nitrogen and oxygen atoms in total. The van der Waals surface area contributed by atoms with Gasteiger partial charge in [-0.15, -0.1) is 0 Å². The van der Waals surface area contributed by atoms with Crippen LogP contribution in [0, 0.1) is 25.2 Å². The Morgan fingerprint density at radius 3 is 2.72 bits per heavy atom. The Morgan fingerprint density at radius 1 is 1.28 bits per heavy atom. The fourth-order valence-electron chi connectivity index (χ4n) is 2.78. The van der Waals surface area contributed by atoms with E-state index in [1.54, 1.807) is 12.1 Å². The Bertz CT molecular complexity index is 1260. The van der Waals surface area contributed by atoms with Gasteiger partial charge in [0, 0.05) is 6.08 Å². The van der Waals surface area contributed by atoms with Gasteiger partial charge in [-0.3, -0.25) is 14.9 Å². The summed E-state index contributed by atoms with van der Waals surface area (Å²) in [5, 5.41) is 12.1. The van der Waals surface area contributed by atoms with Crippen molar-refractivity contribution in [1.29, 1.82) is 5.26 Å². The van der Waals surface area contributed by atoms with Crippen molar-refractivity contribution >= 4 is 34.8 Å². The van der Waals surface area contributed by atoms with E-state index in [0.29, 0.717) is 11.0 Å². The van der Waals surface area contributed by atoms with Crippen molar-refractivity contribution in [1.82, 2.24) is 0 Å². The van der Waals surface area contributed by atoms with Gasteiger partial charge < -0.3 is 13.6 Å². The maximum Gasteiger partial charge on any atom is 0.342 e. The van der Waals surface area contributed by atoms with Crippen molar-refractivity contribution in [2.75, 3.05) is 12.4 Å². The number of furan rings is 1. The number of hydrogen-bond donors (Lipinski definition) is 1. The monoisotopic (exact) mass is 392 g/mol. The number of esters is 1. The smallest absolute Gasteiger partial charge is 0.342 e. The molecule has 0 atom stereocenters. The van der Waals surface area contributed by atoms with E-state index in [1.807, 2.05) is 19.1 Å². The van der Waals surface area contributed by atoms with E-state index in [2.05, 4.69) is 10.1 Å². The van der Waals surface area contributed by atoms with Gasteiger partial charge in [-0.1, -0.05) is 11.6 Å². The lowest BCUT2D eigenvalue weighted by Crippen LogP contribution is -2.10. The van der Waals surface area contributed by atoms with Crippen LogP contribution < -0.4 is 10.7 Å². The number of ether oxygens (including phenoxy) is 1. The molecule has 0 saturated heterocycles. The van der Waals surface area contributed by atoms with Crippen molar-refractivity contribution < 1.29 is 23.2 Å². The molecule has 3 aromatic rings. The van der Waals surface area contributed by atoms with Crippen LogP contribution in [0.1, 0.15) is 32.8 Å². The fourth-order valence-corrected chi connectivity index (χ4v) is 2.78. The number of amides is 1. The van der Waals surface area contributed by atoms with Crippen LogP contribution in [0.4, 0.5) is 5.88 Å². The summed E-state index contributed by atoms with van der Waals surface area (Å²) in [6.45, 7) is 3.33. The average molecular weight is 392 g/mol. The lowest BCUT2D eigenvalue weighted by Gasteiger charge is -2.00. The molecule has 8 heteroatoms. The summed E-state index contributed by atoms with van der Waals surface area (Å²) < 4.78 is 15.4. The topological polar surface area (TPSA) is 123 Å². The third-order valence-corrected chi connectivity index (χ3v) is 4.19. The third kappa shape index (κ3) is 3.80. The van der Waals surface area contributed by atoms with Crippen molar-refractivity contribution in [3.05, 3.63) is 68.8 Å². The van der Waals surface area contributed by atoms with E-state index < -0.39 is 11.9 Å². The predicted octanol–water partition coefficient (Wildman–Crippen LogP) is 3.31.